The molecule has 2 atom stereocenters. The molecule has 0 unspecified atom stereocenters. The highest BCUT2D eigenvalue weighted by atomic mass is 32.2. The van der Waals surface area contributed by atoms with Crippen LogP contribution < -0.4 is 15.0 Å². The number of rotatable bonds is 7. The van der Waals surface area contributed by atoms with Crippen LogP contribution in [0.3, 0.4) is 0 Å². The number of amides is 2. The molecule has 1 aliphatic heterocycles. The summed E-state index contributed by atoms with van der Waals surface area (Å²) in [7, 11) is 1.62. The third-order valence-electron chi connectivity index (χ3n) is 5.15. The van der Waals surface area contributed by atoms with Gasteiger partial charge in [-0.25, -0.2) is 0 Å². The van der Waals surface area contributed by atoms with Crippen LogP contribution in [0.5, 0.6) is 5.75 Å². The third kappa shape index (κ3) is 6.26. The minimum atomic E-state index is -0.142. The van der Waals surface area contributed by atoms with Crippen LogP contribution >= 0.6 is 11.8 Å². The first-order valence-corrected chi connectivity index (χ1v) is 11.7. The standard InChI is InChI=1S/C25H32N2O3S/c1-17(15-25(2,3)4)12-22(28)26-19-9-6-8-18(13-19)24-27(23(29)16-31-24)20-10-7-11-21(14-20)30-5/h6-11,13-14,17,24H,12,15-16H2,1-5H3,(H,26,28)/t17-,24-/m0/s1. The van der Waals surface area contributed by atoms with Crippen molar-refractivity contribution in [1.82, 2.24) is 0 Å². The number of nitrogens with one attached hydrogen (secondary N) is 1. The van der Waals surface area contributed by atoms with Crippen molar-refractivity contribution in [2.75, 3.05) is 23.1 Å². The van der Waals surface area contributed by atoms with Crippen molar-refractivity contribution in [3.8, 4) is 5.75 Å². The van der Waals surface area contributed by atoms with Gasteiger partial charge in [0.1, 0.15) is 11.1 Å². The average molecular weight is 441 g/mol. The van der Waals surface area contributed by atoms with E-state index >= 15 is 0 Å². The Hall–Kier alpha value is -2.47. The second kappa shape index (κ2) is 9.77. The van der Waals surface area contributed by atoms with Gasteiger partial charge in [0.25, 0.3) is 0 Å². The van der Waals surface area contributed by atoms with E-state index in [0.29, 0.717) is 23.8 Å². The number of hydrogen-bond donors (Lipinski definition) is 1. The zero-order valence-electron chi connectivity index (χ0n) is 19.0. The van der Waals surface area contributed by atoms with Gasteiger partial charge in [0.05, 0.1) is 12.9 Å². The predicted molar refractivity (Wildman–Crippen MR) is 129 cm³/mol. The Morgan fingerprint density at radius 1 is 1.23 bits per heavy atom. The second-order valence-electron chi connectivity index (χ2n) is 9.38. The van der Waals surface area contributed by atoms with Crippen LogP contribution in [0.1, 0.15) is 51.5 Å². The normalized spacial score (nSPS) is 17.5. The van der Waals surface area contributed by atoms with Crippen molar-refractivity contribution >= 4 is 35.0 Å². The van der Waals surface area contributed by atoms with E-state index in [2.05, 4.69) is 33.0 Å². The Morgan fingerprint density at radius 3 is 2.68 bits per heavy atom. The molecule has 1 aliphatic rings. The monoisotopic (exact) mass is 440 g/mol. The number of methoxy groups -OCH3 is 1. The minimum Gasteiger partial charge on any atom is -0.497 e. The molecule has 1 N–H and O–H groups in total. The summed E-state index contributed by atoms with van der Waals surface area (Å²) in [5, 5.41) is 2.89. The van der Waals surface area contributed by atoms with Gasteiger partial charge in [0.2, 0.25) is 11.8 Å². The molecule has 2 amide bonds. The lowest BCUT2D eigenvalue weighted by Gasteiger charge is -2.25. The van der Waals surface area contributed by atoms with Crippen molar-refractivity contribution in [1.29, 1.82) is 0 Å². The molecular formula is C25H32N2O3S. The number of thioether (sulfide) groups is 1. The SMILES string of the molecule is COc1cccc(N2C(=O)CS[C@H]2c2cccc(NC(=O)C[C@H](C)CC(C)(C)C)c2)c1. The molecule has 1 fully saturated rings. The summed E-state index contributed by atoms with van der Waals surface area (Å²) >= 11 is 1.59. The molecule has 0 bridgehead atoms. The smallest absolute Gasteiger partial charge is 0.238 e. The molecule has 0 aliphatic carbocycles. The summed E-state index contributed by atoms with van der Waals surface area (Å²) in [5.41, 5.74) is 2.76. The Labute approximate surface area is 189 Å². The summed E-state index contributed by atoms with van der Waals surface area (Å²) in [4.78, 5) is 27.0. The zero-order valence-corrected chi connectivity index (χ0v) is 19.8. The Bertz CT molecular complexity index is 938. The number of carbonyl (C=O) groups excluding carboxylic acids is 2. The van der Waals surface area contributed by atoms with Gasteiger partial charge in [-0.05, 0) is 47.6 Å². The van der Waals surface area contributed by atoms with Crippen LogP contribution in [0.25, 0.3) is 0 Å². The summed E-state index contributed by atoms with van der Waals surface area (Å²) < 4.78 is 5.32. The van der Waals surface area contributed by atoms with E-state index in [9.17, 15) is 9.59 Å². The fourth-order valence-corrected chi connectivity index (χ4v) is 5.29. The maximum absolute atomic E-state index is 12.7. The summed E-state index contributed by atoms with van der Waals surface area (Å²) in [6.45, 7) is 8.70. The molecule has 0 saturated carbocycles. The fourth-order valence-electron chi connectivity index (χ4n) is 4.13. The average Bonchev–Trinajstić information content (AvgIpc) is 3.08. The van der Waals surface area contributed by atoms with E-state index in [1.165, 1.54) is 0 Å². The van der Waals surface area contributed by atoms with Gasteiger partial charge in [-0.2, -0.15) is 0 Å². The molecule has 166 valence electrons. The van der Waals surface area contributed by atoms with Crippen LogP contribution in [0.4, 0.5) is 11.4 Å². The quantitative estimate of drug-likeness (QED) is 0.584. The Balaban J connectivity index is 1.74. The highest BCUT2D eigenvalue weighted by molar-refractivity contribution is 8.00. The molecule has 1 heterocycles. The largest absolute Gasteiger partial charge is 0.497 e. The van der Waals surface area contributed by atoms with Crippen LogP contribution in [0.15, 0.2) is 48.5 Å². The Kier molecular flexibility index (Phi) is 7.31. The maximum atomic E-state index is 12.7. The molecule has 0 spiro atoms. The van der Waals surface area contributed by atoms with Crippen molar-refractivity contribution in [3.05, 3.63) is 54.1 Å². The van der Waals surface area contributed by atoms with Crippen LogP contribution in [-0.4, -0.2) is 24.7 Å². The lowest BCUT2D eigenvalue weighted by atomic mass is 9.84. The number of benzene rings is 2. The molecule has 3 rings (SSSR count). The van der Waals surface area contributed by atoms with Gasteiger partial charge < -0.3 is 10.1 Å². The first-order valence-electron chi connectivity index (χ1n) is 10.6. The molecule has 2 aromatic rings. The van der Waals surface area contributed by atoms with Crippen molar-refractivity contribution in [2.24, 2.45) is 11.3 Å². The topological polar surface area (TPSA) is 58.6 Å². The van der Waals surface area contributed by atoms with E-state index < -0.39 is 0 Å². The number of anilines is 2. The fraction of sp³-hybridized carbons (Fsp3) is 0.440. The Morgan fingerprint density at radius 2 is 1.97 bits per heavy atom. The molecule has 0 aromatic heterocycles. The van der Waals surface area contributed by atoms with Gasteiger partial charge in [0, 0.05) is 23.9 Å². The summed E-state index contributed by atoms with van der Waals surface area (Å²) in [6, 6.07) is 15.3. The molecule has 0 radical (unpaired) electrons. The number of hydrogen-bond acceptors (Lipinski definition) is 4. The number of ether oxygens (including phenoxy) is 1. The van der Waals surface area contributed by atoms with Crippen molar-refractivity contribution < 1.29 is 14.3 Å². The molecule has 2 aromatic carbocycles. The first-order chi connectivity index (χ1) is 14.7. The van der Waals surface area contributed by atoms with E-state index in [1.54, 1.807) is 23.8 Å². The highest BCUT2D eigenvalue weighted by Gasteiger charge is 2.34. The minimum absolute atomic E-state index is 0.0219. The van der Waals surface area contributed by atoms with E-state index in [-0.39, 0.29) is 22.6 Å². The lowest BCUT2D eigenvalue weighted by molar-refractivity contribution is -0.117. The maximum Gasteiger partial charge on any atom is 0.238 e. The van der Waals surface area contributed by atoms with Crippen molar-refractivity contribution in [2.45, 2.75) is 45.9 Å². The predicted octanol–water partition coefficient (Wildman–Crippen LogP) is 5.87. The molecule has 1 saturated heterocycles. The van der Waals surface area contributed by atoms with E-state index in [4.69, 9.17) is 4.74 Å². The summed E-state index contributed by atoms with van der Waals surface area (Å²) in [6.07, 6.45) is 1.49. The van der Waals surface area contributed by atoms with Gasteiger partial charge in [-0.15, -0.1) is 11.8 Å². The molecular weight excluding hydrogens is 408 g/mol. The lowest BCUT2D eigenvalue weighted by Crippen LogP contribution is -2.27. The first kappa shape index (κ1) is 23.2. The van der Waals surface area contributed by atoms with E-state index in [0.717, 1.165) is 23.4 Å². The van der Waals surface area contributed by atoms with Crippen molar-refractivity contribution in [3.63, 3.8) is 0 Å². The molecule has 31 heavy (non-hydrogen) atoms. The highest BCUT2D eigenvalue weighted by Crippen LogP contribution is 2.43. The summed E-state index contributed by atoms with van der Waals surface area (Å²) in [5.74, 6) is 1.53. The second-order valence-corrected chi connectivity index (χ2v) is 10.4. The van der Waals surface area contributed by atoms with E-state index in [1.807, 2.05) is 48.5 Å². The number of nitrogens with zero attached hydrogens (tertiary/aromatic N) is 1. The third-order valence-corrected chi connectivity index (χ3v) is 6.36. The van der Waals surface area contributed by atoms with Gasteiger partial charge >= 0.3 is 0 Å². The van der Waals surface area contributed by atoms with Crippen LogP contribution in [0, 0.1) is 11.3 Å². The van der Waals surface area contributed by atoms with Gasteiger partial charge in [-0.3, -0.25) is 14.5 Å². The van der Waals surface area contributed by atoms with Gasteiger partial charge in [0.15, 0.2) is 0 Å². The van der Waals surface area contributed by atoms with Crippen LogP contribution in [0.2, 0.25) is 0 Å². The molecule has 5 nitrogen and oxygen atoms in total. The van der Waals surface area contributed by atoms with Gasteiger partial charge in [-0.1, -0.05) is 45.9 Å². The zero-order chi connectivity index (χ0) is 22.6. The van der Waals surface area contributed by atoms with Crippen LogP contribution in [-0.2, 0) is 9.59 Å². The number of carbonyl (C=O) groups is 2. The molecule has 6 heteroatoms.